The molecule has 118 valence electrons. The molecule has 0 saturated carbocycles. The van der Waals surface area contributed by atoms with E-state index in [-0.39, 0.29) is 18.3 Å². The first kappa shape index (κ1) is 15.9. The summed E-state index contributed by atoms with van der Waals surface area (Å²) < 4.78 is 12.3. The van der Waals surface area contributed by atoms with Crippen molar-refractivity contribution in [1.82, 2.24) is 0 Å². The lowest BCUT2D eigenvalue weighted by Gasteiger charge is -2.32. The molecule has 0 N–H and O–H groups in total. The van der Waals surface area contributed by atoms with Crippen LogP contribution in [0.1, 0.15) is 34.1 Å². The van der Waals surface area contributed by atoms with Gasteiger partial charge in [0.15, 0.2) is 0 Å². The van der Waals surface area contributed by atoms with E-state index in [4.69, 9.17) is 20.9 Å². The summed E-state index contributed by atoms with van der Waals surface area (Å²) in [4.78, 5) is 2.34. The number of benzene rings is 1. The maximum Gasteiger partial charge on any atom is 0.490 e. The first-order valence-corrected chi connectivity index (χ1v) is 8.21. The fraction of sp³-hybridized carbons (Fsp3) is 0.529. The first-order chi connectivity index (χ1) is 10.3. The van der Waals surface area contributed by atoms with Gasteiger partial charge in [-0.15, -0.1) is 0 Å². The zero-order valence-electron chi connectivity index (χ0n) is 13.7. The topological polar surface area (TPSA) is 21.7 Å². The van der Waals surface area contributed by atoms with Gasteiger partial charge in [0.05, 0.1) is 11.2 Å². The first-order valence-electron chi connectivity index (χ1n) is 7.84. The Morgan fingerprint density at radius 3 is 2.14 bits per heavy atom. The predicted molar refractivity (Wildman–Crippen MR) is 92.4 cm³/mol. The average Bonchev–Trinajstić information content (AvgIpc) is 2.68. The SMILES string of the molecule is CC1(C)OB(C2=CCN(c3ccc(Cl)cc3)CC2)OC1(C)C. The molecule has 1 fully saturated rings. The van der Waals surface area contributed by atoms with Crippen molar-refractivity contribution < 1.29 is 9.31 Å². The number of rotatable bonds is 2. The molecular weight excluding hydrogens is 296 g/mol. The second-order valence-corrected chi connectivity index (χ2v) is 7.48. The third kappa shape index (κ3) is 2.92. The highest BCUT2D eigenvalue weighted by Gasteiger charge is 2.52. The Balaban J connectivity index is 1.68. The monoisotopic (exact) mass is 319 g/mol. The molecule has 2 heterocycles. The quantitative estimate of drug-likeness (QED) is 0.766. The van der Waals surface area contributed by atoms with Crippen LogP contribution in [0.2, 0.25) is 5.02 Å². The van der Waals surface area contributed by atoms with E-state index in [1.54, 1.807) is 0 Å². The number of hydrogen-bond donors (Lipinski definition) is 0. The zero-order valence-corrected chi connectivity index (χ0v) is 14.5. The van der Waals surface area contributed by atoms with Gasteiger partial charge in [-0.3, -0.25) is 0 Å². The number of nitrogens with zero attached hydrogens (tertiary/aromatic N) is 1. The molecule has 0 aliphatic carbocycles. The Hall–Kier alpha value is -0.965. The fourth-order valence-corrected chi connectivity index (χ4v) is 2.91. The summed E-state index contributed by atoms with van der Waals surface area (Å²) in [6, 6.07) is 8.00. The van der Waals surface area contributed by atoms with Crippen LogP contribution in [0.15, 0.2) is 35.8 Å². The van der Waals surface area contributed by atoms with Gasteiger partial charge in [-0.2, -0.15) is 0 Å². The van der Waals surface area contributed by atoms with Crippen LogP contribution >= 0.6 is 11.6 Å². The molecular formula is C17H23BClNO2. The number of anilines is 1. The van der Waals surface area contributed by atoms with Crippen molar-refractivity contribution in [1.29, 1.82) is 0 Å². The Kier molecular flexibility index (Phi) is 4.04. The van der Waals surface area contributed by atoms with Crippen molar-refractivity contribution in [3.63, 3.8) is 0 Å². The molecule has 22 heavy (non-hydrogen) atoms. The van der Waals surface area contributed by atoms with E-state index in [2.05, 4.69) is 50.8 Å². The molecule has 2 aliphatic heterocycles. The molecule has 0 radical (unpaired) electrons. The predicted octanol–water partition coefficient (Wildman–Crippen LogP) is 4.11. The Bertz CT molecular complexity index is 567. The maximum atomic E-state index is 6.13. The van der Waals surface area contributed by atoms with Crippen LogP contribution in [-0.4, -0.2) is 31.4 Å². The largest absolute Gasteiger partial charge is 0.490 e. The molecule has 0 aromatic heterocycles. The van der Waals surface area contributed by atoms with Crippen LogP contribution in [0, 0.1) is 0 Å². The minimum absolute atomic E-state index is 0.211. The Morgan fingerprint density at radius 2 is 1.64 bits per heavy atom. The second kappa shape index (κ2) is 5.59. The summed E-state index contributed by atoms with van der Waals surface area (Å²) in [6.07, 6.45) is 3.19. The minimum atomic E-state index is -0.272. The number of halogens is 1. The van der Waals surface area contributed by atoms with Gasteiger partial charge in [-0.1, -0.05) is 17.7 Å². The molecule has 0 unspecified atom stereocenters. The van der Waals surface area contributed by atoms with E-state index in [0.717, 1.165) is 24.5 Å². The normalized spacial score (nSPS) is 23.6. The molecule has 3 rings (SSSR count). The summed E-state index contributed by atoms with van der Waals surface area (Å²) in [5.74, 6) is 0. The third-order valence-electron chi connectivity index (χ3n) is 4.99. The van der Waals surface area contributed by atoms with Crippen molar-refractivity contribution in [2.24, 2.45) is 0 Å². The molecule has 1 aromatic rings. The molecule has 1 saturated heterocycles. The molecule has 0 amide bonds. The molecule has 0 atom stereocenters. The van der Waals surface area contributed by atoms with E-state index >= 15 is 0 Å². The lowest BCUT2D eigenvalue weighted by Crippen LogP contribution is -2.41. The summed E-state index contributed by atoms with van der Waals surface area (Å²) in [7, 11) is -0.211. The smallest absolute Gasteiger partial charge is 0.400 e. The molecule has 0 spiro atoms. The lowest BCUT2D eigenvalue weighted by molar-refractivity contribution is 0.00578. The van der Waals surface area contributed by atoms with Gasteiger partial charge in [0, 0.05) is 23.8 Å². The maximum absolute atomic E-state index is 6.13. The van der Waals surface area contributed by atoms with Crippen LogP contribution in [-0.2, 0) is 9.31 Å². The van der Waals surface area contributed by atoms with Gasteiger partial charge < -0.3 is 14.2 Å². The molecule has 0 bridgehead atoms. The van der Waals surface area contributed by atoms with Crippen molar-refractivity contribution in [3.8, 4) is 0 Å². The molecule has 3 nitrogen and oxygen atoms in total. The fourth-order valence-electron chi connectivity index (χ4n) is 2.78. The number of hydrogen-bond acceptors (Lipinski definition) is 3. The summed E-state index contributed by atoms with van der Waals surface area (Å²) >= 11 is 5.95. The average molecular weight is 320 g/mol. The Morgan fingerprint density at radius 1 is 1.05 bits per heavy atom. The van der Waals surface area contributed by atoms with Gasteiger partial charge in [-0.25, -0.2) is 0 Å². The third-order valence-corrected chi connectivity index (χ3v) is 5.24. The Labute approximate surface area is 138 Å². The van der Waals surface area contributed by atoms with Crippen LogP contribution in [0.3, 0.4) is 0 Å². The molecule has 2 aliphatic rings. The van der Waals surface area contributed by atoms with Gasteiger partial charge in [0.2, 0.25) is 0 Å². The van der Waals surface area contributed by atoms with Crippen molar-refractivity contribution >= 4 is 24.4 Å². The van der Waals surface area contributed by atoms with Crippen LogP contribution < -0.4 is 4.90 Å². The van der Waals surface area contributed by atoms with Crippen LogP contribution in [0.25, 0.3) is 0 Å². The van der Waals surface area contributed by atoms with Crippen LogP contribution in [0.4, 0.5) is 5.69 Å². The highest BCUT2D eigenvalue weighted by atomic mass is 35.5. The zero-order chi connectivity index (χ0) is 16.0. The van der Waals surface area contributed by atoms with E-state index in [9.17, 15) is 0 Å². The van der Waals surface area contributed by atoms with Gasteiger partial charge in [0.25, 0.3) is 0 Å². The molecule has 5 heteroatoms. The van der Waals surface area contributed by atoms with E-state index < -0.39 is 0 Å². The summed E-state index contributed by atoms with van der Waals surface area (Å²) in [5.41, 5.74) is 1.91. The highest BCUT2D eigenvalue weighted by molar-refractivity contribution is 6.54. The van der Waals surface area contributed by atoms with Crippen molar-refractivity contribution in [2.75, 3.05) is 18.0 Å². The second-order valence-electron chi connectivity index (χ2n) is 7.04. The standard InChI is InChI=1S/C17H23BClNO2/c1-16(2)17(3,4)22-18(21-16)13-9-11-20(12-10-13)15-7-5-14(19)6-8-15/h5-9H,10-12H2,1-4H3. The van der Waals surface area contributed by atoms with E-state index in [1.807, 2.05) is 12.1 Å². The lowest BCUT2D eigenvalue weighted by atomic mass is 9.74. The van der Waals surface area contributed by atoms with Gasteiger partial charge in [0.1, 0.15) is 0 Å². The molecule has 1 aromatic carbocycles. The van der Waals surface area contributed by atoms with Crippen molar-refractivity contribution in [3.05, 3.63) is 40.8 Å². The van der Waals surface area contributed by atoms with Crippen molar-refractivity contribution in [2.45, 2.75) is 45.3 Å². The van der Waals surface area contributed by atoms with Crippen LogP contribution in [0.5, 0.6) is 0 Å². The summed E-state index contributed by atoms with van der Waals surface area (Å²) in [6.45, 7) is 10.2. The minimum Gasteiger partial charge on any atom is -0.400 e. The summed E-state index contributed by atoms with van der Waals surface area (Å²) in [5, 5.41) is 0.772. The van der Waals surface area contributed by atoms with Gasteiger partial charge >= 0.3 is 7.12 Å². The highest BCUT2D eigenvalue weighted by Crippen LogP contribution is 2.39. The van der Waals surface area contributed by atoms with E-state index in [1.165, 1.54) is 11.2 Å². The van der Waals surface area contributed by atoms with E-state index in [0.29, 0.717) is 0 Å². The van der Waals surface area contributed by atoms with Gasteiger partial charge in [-0.05, 0) is 63.9 Å².